The minimum Gasteiger partial charge on any atom is -0.506 e. The Bertz CT molecular complexity index is 1020. The van der Waals surface area contributed by atoms with Crippen molar-refractivity contribution in [3.8, 4) is 11.5 Å². The number of aryl methyl sites for hydroxylation is 1. The van der Waals surface area contributed by atoms with Gasteiger partial charge in [-0.3, -0.25) is 0 Å². The van der Waals surface area contributed by atoms with Crippen molar-refractivity contribution in [2.45, 2.75) is 6.92 Å². The molecule has 3 rings (SSSR count). The summed E-state index contributed by atoms with van der Waals surface area (Å²) in [6.07, 6.45) is 1.53. The summed E-state index contributed by atoms with van der Waals surface area (Å²) in [6, 6.07) is 9.51. The largest absolute Gasteiger partial charge is 0.506 e. The lowest BCUT2D eigenvalue weighted by Crippen LogP contribution is -2.08. The molecule has 2 aromatic carbocycles. The van der Waals surface area contributed by atoms with Crippen LogP contribution in [0.5, 0.6) is 11.5 Å². The molecule has 1 N–H and O–H groups in total. The molecule has 0 saturated heterocycles. The Morgan fingerprint density at radius 2 is 2.08 bits per heavy atom. The predicted molar refractivity (Wildman–Crippen MR) is 109 cm³/mol. The zero-order valence-corrected chi connectivity index (χ0v) is 17.5. The molecule has 3 aromatic rings. The zero-order valence-electron chi connectivity index (χ0n) is 13.5. The molecule has 0 bridgehead atoms. The Kier molecular flexibility index (Phi) is 5.61. The molecule has 130 valence electrons. The number of phenolic OH excluding ortho intramolecular Hbond substituents is 1. The molecule has 0 spiro atoms. The van der Waals surface area contributed by atoms with Gasteiger partial charge in [-0.2, -0.15) is 5.10 Å². The molecule has 25 heavy (non-hydrogen) atoms. The second-order valence-electron chi connectivity index (χ2n) is 5.18. The second-order valence-corrected chi connectivity index (χ2v) is 7.96. The molecule has 0 radical (unpaired) electrons. The molecule has 1 heterocycles. The van der Waals surface area contributed by atoms with Gasteiger partial charge in [-0.1, -0.05) is 27.3 Å². The maximum absolute atomic E-state index is 10.1. The van der Waals surface area contributed by atoms with E-state index in [1.165, 1.54) is 17.6 Å². The van der Waals surface area contributed by atoms with Crippen molar-refractivity contribution < 1.29 is 9.84 Å². The van der Waals surface area contributed by atoms with Crippen LogP contribution in [0.25, 0.3) is 10.2 Å². The predicted octanol–water partition coefficient (Wildman–Crippen LogP) is 4.80. The fourth-order valence-electron chi connectivity index (χ4n) is 2.29. The summed E-state index contributed by atoms with van der Waals surface area (Å²) >= 11 is 8.22. The summed E-state index contributed by atoms with van der Waals surface area (Å²) in [5, 5.41) is 18.5. The average Bonchev–Trinajstić information content (AvgIpc) is 2.88. The van der Waals surface area contributed by atoms with Crippen molar-refractivity contribution >= 4 is 59.6 Å². The van der Waals surface area contributed by atoms with Crippen LogP contribution < -0.4 is 9.54 Å². The van der Waals surface area contributed by atoms with Crippen LogP contribution in [0.15, 0.2) is 49.5 Å². The molecule has 0 aliphatic carbocycles. The number of halogens is 2. The van der Waals surface area contributed by atoms with E-state index in [9.17, 15) is 5.11 Å². The number of phenols is 1. The topological polar surface area (TPSA) is 59.1 Å². The molecule has 8 heteroatoms. The molecule has 0 saturated carbocycles. The molecule has 1 aromatic heterocycles. The SMILES string of the molecule is CCOc1ccc2c(c1)s/c(=N\N=C\c1cc(Br)cc(Br)c1O)n2C. The van der Waals surface area contributed by atoms with E-state index in [-0.39, 0.29) is 5.75 Å². The maximum atomic E-state index is 10.1. The van der Waals surface area contributed by atoms with Crippen molar-refractivity contribution in [1.82, 2.24) is 4.57 Å². The minimum absolute atomic E-state index is 0.129. The van der Waals surface area contributed by atoms with E-state index in [4.69, 9.17) is 4.74 Å². The van der Waals surface area contributed by atoms with Crippen molar-refractivity contribution in [2.75, 3.05) is 6.61 Å². The molecule has 0 fully saturated rings. The second kappa shape index (κ2) is 7.72. The minimum atomic E-state index is 0.129. The Morgan fingerprint density at radius 3 is 2.84 bits per heavy atom. The van der Waals surface area contributed by atoms with Crippen LogP contribution in [0.2, 0.25) is 0 Å². The number of thiazole rings is 1. The van der Waals surface area contributed by atoms with E-state index >= 15 is 0 Å². The van der Waals surface area contributed by atoms with E-state index in [1.54, 1.807) is 12.1 Å². The number of fused-ring (bicyclic) bond motifs is 1. The quantitative estimate of drug-likeness (QED) is 0.427. The number of rotatable bonds is 4. The number of aromatic nitrogens is 1. The van der Waals surface area contributed by atoms with E-state index in [0.29, 0.717) is 16.6 Å². The monoisotopic (exact) mass is 483 g/mol. The molecule has 0 atom stereocenters. The molecule has 0 aliphatic rings. The van der Waals surface area contributed by atoms with Crippen LogP contribution in [0, 0.1) is 0 Å². The summed E-state index contributed by atoms with van der Waals surface area (Å²) in [6.45, 7) is 2.60. The molecule has 0 unspecified atom stereocenters. The first-order chi connectivity index (χ1) is 12.0. The third-order valence-corrected chi connectivity index (χ3v) is 5.64. The van der Waals surface area contributed by atoms with E-state index < -0.39 is 0 Å². The van der Waals surface area contributed by atoms with Crippen molar-refractivity contribution in [3.05, 3.63) is 49.6 Å². The van der Waals surface area contributed by atoms with Gasteiger partial charge < -0.3 is 14.4 Å². The van der Waals surface area contributed by atoms with Crippen LogP contribution in [-0.2, 0) is 7.05 Å². The molecular formula is C17H15Br2N3O2S. The lowest BCUT2D eigenvalue weighted by atomic mass is 10.2. The number of nitrogens with zero attached hydrogens (tertiary/aromatic N) is 3. The molecular weight excluding hydrogens is 470 g/mol. The van der Waals surface area contributed by atoms with Crippen molar-refractivity contribution in [3.63, 3.8) is 0 Å². The number of aromatic hydroxyl groups is 1. The third kappa shape index (κ3) is 3.96. The lowest BCUT2D eigenvalue weighted by Gasteiger charge is -2.02. The average molecular weight is 485 g/mol. The van der Waals surface area contributed by atoms with Gasteiger partial charge in [-0.05, 0) is 53.2 Å². The Hall–Kier alpha value is -1.64. The number of hydrogen-bond acceptors (Lipinski definition) is 5. The highest BCUT2D eigenvalue weighted by Gasteiger charge is 2.06. The summed E-state index contributed by atoms with van der Waals surface area (Å²) in [4.78, 5) is 0.758. The van der Waals surface area contributed by atoms with Crippen LogP contribution in [0.1, 0.15) is 12.5 Å². The Morgan fingerprint density at radius 1 is 1.28 bits per heavy atom. The smallest absolute Gasteiger partial charge is 0.211 e. The highest BCUT2D eigenvalue weighted by molar-refractivity contribution is 9.11. The fraction of sp³-hybridized carbons (Fsp3) is 0.176. The van der Waals surface area contributed by atoms with Gasteiger partial charge in [0.2, 0.25) is 4.80 Å². The normalized spacial score (nSPS) is 12.4. The summed E-state index contributed by atoms with van der Waals surface area (Å²) in [7, 11) is 1.95. The van der Waals surface area contributed by atoms with Gasteiger partial charge in [-0.15, -0.1) is 5.10 Å². The summed E-state index contributed by atoms with van der Waals surface area (Å²) in [5.41, 5.74) is 1.64. The third-order valence-electron chi connectivity index (χ3n) is 3.49. The van der Waals surface area contributed by atoms with Gasteiger partial charge in [-0.25, -0.2) is 0 Å². The van der Waals surface area contributed by atoms with Crippen LogP contribution >= 0.6 is 43.2 Å². The van der Waals surface area contributed by atoms with Crippen LogP contribution in [0.3, 0.4) is 0 Å². The van der Waals surface area contributed by atoms with Gasteiger partial charge in [0.25, 0.3) is 0 Å². The number of hydrogen-bond donors (Lipinski definition) is 1. The first-order valence-electron chi connectivity index (χ1n) is 7.47. The van der Waals surface area contributed by atoms with Gasteiger partial charge in [0.1, 0.15) is 11.5 Å². The van der Waals surface area contributed by atoms with Crippen molar-refractivity contribution in [1.29, 1.82) is 0 Å². The Balaban J connectivity index is 1.97. The maximum Gasteiger partial charge on any atom is 0.211 e. The van der Waals surface area contributed by atoms with Crippen LogP contribution in [0.4, 0.5) is 0 Å². The first-order valence-corrected chi connectivity index (χ1v) is 9.87. The van der Waals surface area contributed by atoms with Gasteiger partial charge in [0.05, 0.1) is 27.5 Å². The standard InChI is InChI=1S/C17H15Br2N3O2S/c1-3-24-12-4-5-14-15(8-12)25-17(22(14)2)21-20-9-10-6-11(18)7-13(19)16(10)23/h4-9,23H,3H2,1-2H3/b20-9+,21-17-. The summed E-state index contributed by atoms with van der Waals surface area (Å²) in [5.74, 6) is 0.972. The lowest BCUT2D eigenvalue weighted by molar-refractivity contribution is 0.341. The Labute approximate surface area is 165 Å². The van der Waals surface area contributed by atoms with E-state index in [1.807, 2.05) is 36.7 Å². The van der Waals surface area contributed by atoms with Gasteiger partial charge in [0, 0.05) is 17.1 Å². The highest BCUT2D eigenvalue weighted by atomic mass is 79.9. The zero-order chi connectivity index (χ0) is 18.0. The first kappa shape index (κ1) is 18.2. The van der Waals surface area contributed by atoms with Gasteiger partial charge in [0.15, 0.2) is 0 Å². The number of benzene rings is 2. The van der Waals surface area contributed by atoms with Gasteiger partial charge >= 0.3 is 0 Å². The van der Waals surface area contributed by atoms with E-state index in [2.05, 4.69) is 42.1 Å². The fourth-order valence-corrected chi connectivity index (χ4v) is 4.55. The molecule has 0 aliphatic heterocycles. The molecule has 5 nitrogen and oxygen atoms in total. The summed E-state index contributed by atoms with van der Waals surface area (Å²) < 4.78 is 10.0. The molecule has 0 amide bonds. The van der Waals surface area contributed by atoms with E-state index in [0.717, 1.165) is 25.2 Å². The highest BCUT2D eigenvalue weighted by Crippen LogP contribution is 2.30. The van der Waals surface area contributed by atoms with Crippen LogP contribution in [-0.4, -0.2) is 22.5 Å². The van der Waals surface area contributed by atoms with Crippen molar-refractivity contribution in [2.24, 2.45) is 17.3 Å². The number of ether oxygens (including phenoxy) is 1.